The van der Waals surface area contributed by atoms with E-state index in [0.717, 1.165) is 10.0 Å². The first-order valence-corrected chi connectivity index (χ1v) is 5.83. The zero-order valence-corrected chi connectivity index (χ0v) is 10.7. The average Bonchev–Trinajstić information content (AvgIpc) is 2.72. The molecule has 2 rings (SSSR count). The molecule has 17 heavy (non-hydrogen) atoms. The second-order valence-electron chi connectivity index (χ2n) is 3.72. The van der Waals surface area contributed by atoms with E-state index < -0.39 is 0 Å². The van der Waals surface area contributed by atoms with Crippen molar-refractivity contribution < 1.29 is 9.18 Å². The Morgan fingerprint density at radius 3 is 2.94 bits per heavy atom. The van der Waals surface area contributed by atoms with Crippen LogP contribution in [0.4, 0.5) is 4.39 Å². The molecule has 0 amide bonds. The van der Waals surface area contributed by atoms with Crippen LogP contribution >= 0.6 is 15.9 Å². The Hall–Kier alpha value is -1.49. The van der Waals surface area contributed by atoms with E-state index in [4.69, 9.17) is 0 Å². The Bertz CT molecular complexity index is 565. The molecule has 0 aliphatic heterocycles. The molecule has 0 saturated carbocycles. The lowest BCUT2D eigenvalue weighted by atomic mass is 10.2. The van der Waals surface area contributed by atoms with Crippen LogP contribution < -0.4 is 0 Å². The third kappa shape index (κ3) is 2.79. The van der Waals surface area contributed by atoms with Crippen molar-refractivity contribution in [2.45, 2.75) is 13.5 Å². The average molecular weight is 297 g/mol. The molecule has 1 aromatic heterocycles. The van der Waals surface area contributed by atoms with E-state index in [0.29, 0.717) is 12.1 Å². The van der Waals surface area contributed by atoms with Crippen LogP contribution in [0.5, 0.6) is 0 Å². The summed E-state index contributed by atoms with van der Waals surface area (Å²) in [5.41, 5.74) is 1.33. The summed E-state index contributed by atoms with van der Waals surface area (Å²) in [7, 11) is 0. The molecule has 0 radical (unpaired) electrons. The summed E-state index contributed by atoms with van der Waals surface area (Å²) in [6.45, 7) is 1.91. The quantitative estimate of drug-likeness (QED) is 0.816. The lowest BCUT2D eigenvalue weighted by Crippen LogP contribution is -2.01. The number of hydrogen-bond acceptors (Lipinski definition) is 2. The van der Waals surface area contributed by atoms with Gasteiger partial charge >= 0.3 is 0 Å². The van der Waals surface area contributed by atoms with Crippen molar-refractivity contribution in [1.82, 2.24) is 9.78 Å². The maximum atomic E-state index is 13.1. The van der Waals surface area contributed by atoms with Gasteiger partial charge in [-0.1, -0.05) is 15.9 Å². The first-order valence-electron chi connectivity index (χ1n) is 5.03. The lowest BCUT2D eigenvalue weighted by Gasteiger charge is -2.04. The van der Waals surface area contributed by atoms with E-state index in [1.54, 1.807) is 16.9 Å². The van der Waals surface area contributed by atoms with Gasteiger partial charge in [0.25, 0.3) is 0 Å². The minimum absolute atomic E-state index is 0.0328. The van der Waals surface area contributed by atoms with E-state index in [1.807, 2.05) is 0 Å². The number of carbonyl (C=O) groups excluding carboxylic acids is 1. The van der Waals surface area contributed by atoms with Gasteiger partial charge in [0.2, 0.25) is 0 Å². The molecular weight excluding hydrogens is 287 g/mol. The molecule has 0 N–H and O–H groups in total. The Morgan fingerprint density at radius 1 is 1.53 bits per heavy atom. The molecule has 0 bridgehead atoms. The monoisotopic (exact) mass is 296 g/mol. The van der Waals surface area contributed by atoms with Gasteiger partial charge in [-0.25, -0.2) is 4.39 Å². The van der Waals surface area contributed by atoms with Gasteiger partial charge in [0.1, 0.15) is 5.82 Å². The summed E-state index contributed by atoms with van der Waals surface area (Å²) in [6.07, 6.45) is 3.16. The van der Waals surface area contributed by atoms with Crippen LogP contribution in [0.25, 0.3) is 0 Å². The van der Waals surface area contributed by atoms with Crippen molar-refractivity contribution in [1.29, 1.82) is 0 Å². The van der Waals surface area contributed by atoms with Crippen LogP contribution in [0.2, 0.25) is 0 Å². The minimum atomic E-state index is -0.290. The topological polar surface area (TPSA) is 34.9 Å². The van der Waals surface area contributed by atoms with E-state index in [9.17, 15) is 9.18 Å². The molecular formula is C12H10BrFN2O. The molecule has 0 atom stereocenters. The third-order valence-electron chi connectivity index (χ3n) is 2.38. The van der Waals surface area contributed by atoms with Crippen LogP contribution in [-0.4, -0.2) is 15.6 Å². The predicted octanol–water partition coefficient (Wildman–Crippen LogP) is 3.04. The van der Waals surface area contributed by atoms with Crippen molar-refractivity contribution in [3.05, 3.63) is 52.0 Å². The standard InChI is InChI=1S/C12H10BrFN2O/c1-8(17)10-5-15-16(7-10)6-9-4-11(14)2-3-12(9)13/h2-5,7H,6H2,1H3. The first-order chi connectivity index (χ1) is 8.06. The minimum Gasteiger partial charge on any atom is -0.294 e. The molecule has 2 aromatic rings. The third-order valence-corrected chi connectivity index (χ3v) is 3.15. The van der Waals surface area contributed by atoms with Gasteiger partial charge in [-0.2, -0.15) is 5.10 Å². The highest BCUT2D eigenvalue weighted by molar-refractivity contribution is 9.10. The fourth-order valence-electron chi connectivity index (χ4n) is 1.47. The molecule has 0 unspecified atom stereocenters. The number of nitrogens with zero attached hydrogens (tertiary/aromatic N) is 2. The molecule has 0 aliphatic carbocycles. The first kappa shape index (κ1) is 12.0. The van der Waals surface area contributed by atoms with E-state index >= 15 is 0 Å². The molecule has 0 aliphatic rings. The predicted molar refractivity (Wildman–Crippen MR) is 65.4 cm³/mol. The number of aromatic nitrogens is 2. The van der Waals surface area contributed by atoms with Gasteiger partial charge in [-0.15, -0.1) is 0 Å². The summed E-state index contributed by atoms with van der Waals surface area (Å²) in [6, 6.07) is 4.48. The van der Waals surface area contributed by atoms with Gasteiger partial charge in [0.05, 0.1) is 18.3 Å². The molecule has 1 aromatic carbocycles. The lowest BCUT2D eigenvalue weighted by molar-refractivity contribution is 0.101. The van der Waals surface area contributed by atoms with Gasteiger partial charge in [0.15, 0.2) is 5.78 Å². The molecule has 0 spiro atoms. The summed E-state index contributed by atoms with van der Waals surface area (Å²) >= 11 is 3.35. The highest BCUT2D eigenvalue weighted by Crippen LogP contribution is 2.18. The number of Topliss-reactive ketones (excluding diaryl/α,β-unsaturated/α-hetero) is 1. The number of carbonyl (C=O) groups is 1. The normalized spacial score (nSPS) is 10.5. The highest BCUT2D eigenvalue weighted by atomic mass is 79.9. The van der Waals surface area contributed by atoms with Gasteiger partial charge < -0.3 is 0 Å². The van der Waals surface area contributed by atoms with E-state index in [1.165, 1.54) is 25.3 Å². The summed E-state index contributed by atoms with van der Waals surface area (Å²) in [5, 5.41) is 4.06. The van der Waals surface area contributed by atoms with Crippen LogP contribution in [0.1, 0.15) is 22.8 Å². The molecule has 1 heterocycles. The number of ketones is 1. The van der Waals surface area contributed by atoms with Crippen LogP contribution in [0.15, 0.2) is 35.1 Å². The Labute approximate surface area is 106 Å². The fourth-order valence-corrected chi connectivity index (χ4v) is 1.84. The SMILES string of the molecule is CC(=O)c1cnn(Cc2cc(F)ccc2Br)c1. The van der Waals surface area contributed by atoms with Crippen LogP contribution in [0, 0.1) is 5.82 Å². The highest BCUT2D eigenvalue weighted by Gasteiger charge is 2.06. The number of benzene rings is 1. The summed E-state index contributed by atoms with van der Waals surface area (Å²) in [5.74, 6) is -0.322. The van der Waals surface area contributed by atoms with Crippen molar-refractivity contribution in [2.75, 3.05) is 0 Å². The second-order valence-corrected chi connectivity index (χ2v) is 4.57. The van der Waals surface area contributed by atoms with Crippen LogP contribution in [0.3, 0.4) is 0 Å². The zero-order valence-electron chi connectivity index (χ0n) is 9.15. The molecule has 3 nitrogen and oxygen atoms in total. The van der Waals surface area contributed by atoms with Crippen LogP contribution in [-0.2, 0) is 6.54 Å². The maximum absolute atomic E-state index is 13.1. The largest absolute Gasteiger partial charge is 0.294 e. The number of halogens is 2. The van der Waals surface area contributed by atoms with Gasteiger partial charge in [0, 0.05) is 10.7 Å². The summed E-state index contributed by atoms with van der Waals surface area (Å²) in [4.78, 5) is 11.1. The fraction of sp³-hybridized carbons (Fsp3) is 0.167. The Balaban J connectivity index is 2.25. The van der Waals surface area contributed by atoms with Crippen molar-refractivity contribution >= 4 is 21.7 Å². The second kappa shape index (κ2) is 4.79. The van der Waals surface area contributed by atoms with Gasteiger partial charge in [-0.3, -0.25) is 9.48 Å². The maximum Gasteiger partial charge on any atom is 0.162 e. The molecule has 0 fully saturated rings. The van der Waals surface area contributed by atoms with Crippen molar-refractivity contribution in [2.24, 2.45) is 0 Å². The smallest absolute Gasteiger partial charge is 0.162 e. The van der Waals surface area contributed by atoms with Gasteiger partial charge in [-0.05, 0) is 30.7 Å². The summed E-state index contributed by atoms with van der Waals surface area (Å²) < 4.78 is 15.5. The Morgan fingerprint density at radius 2 is 2.29 bits per heavy atom. The van der Waals surface area contributed by atoms with E-state index in [-0.39, 0.29) is 11.6 Å². The van der Waals surface area contributed by atoms with Crippen molar-refractivity contribution in [3.63, 3.8) is 0 Å². The molecule has 0 saturated heterocycles. The van der Waals surface area contributed by atoms with E-state index in [2.05, 4.69) is 21.0 Å². The molecule has 5 heteroatoms. The zero-order chi connectivity index (χ0) is 12.4. The molecule has 88 valence electrons. The Kier molecular flexibility index (Phi) is 3.38. The number of hydrogen-bond donors (Lipinski definition) is 0. The van der Waals surface area contributed by atoms with Crippen molar-refractivity contribution in [3.8, 4) is 0 Å². The number of rotatable bonds is 3.